The fourth-order valence-corrected chi connectivity index (χ4v) is 1.34. The van der Waals surface area contributed by atoms with E-state index in [1.54, 1.807) is 6.42 Å². The number of halogens is 1. The molecule has 1 aromatic rings. The number of ketones is 1. The molecular weight excluding hydrogens is 240 g/mol. The molecule has 0 aliphatic rings. The number of benzene rings is 1. The molecule has 0 amide bonds. The summed E-state index contributed by atoms with van der Waals surface area (Å²) in [4.78, 5) is 11.6. The molecule has 0 saturated carbocycles. The quantitative estimate of drug-likeness (QED) is 0.745. The summed E-state index contributed by atoms with van der Waals surface area (Å²) in [7, 11) is 0. The first-order valence-electron chi connectivity index (χ1n) is 4.72. The Morgan fingerprint density at radius 3 is 2.43 bits per heavy atom. The van der Waals surface area contributed by atoms with Gasteiger partial charge in [0.2, 0.25) is 0 Å². The topological polar surface area (TPSA) is 17.1 Å². The minimum Gasteiger partial charge on any atom is -0.294 e. The standard InChI is InChI=1S/C12H14BrO/c1-9(2)3-8-12(14)10-4-6-11(13)7-5-10/h4-9H,3H2,1-2H3. The number of rotatable bonds is 4. The van der Waals surface area contributed by atoms with Crippen LogP contribution in [0.15, 0.2) is 28.7 Å². The Labute approximate surface area is 93.7 Å². The molecule has 0 unspecified atom stereocenters. The number of hydrogen-bond donors (Lipinski definition) is 0. The van der Waals surface area contributed by atoms with Gasteiger partial charge in [0.15, 0.2) is 5.78 Å². The summed E-state index contributed by atoms with van der Waals surface area (Å²) in [5.41, 5.74) is 0.758. The zero-order valence-electron chi connectivity index (χ0n) is 8.46. The van der Waals surface area contributed by atoms with E-state index >= 15 is 0 Å². The summed E-state index contributed by atoms with van der Waals surface area (Å²) in [6.07, 6.45) is 2.60. The van der Waals surface area contributed by atoms with Gasteiger partial charge in [-0.05, 0) is 24.5 Å². The zero-order chi connectivity index (χ0) is 10.6. The minimum absolute atomic E-state index is 0.117. The molecule has 0 bridgehead atoms. The molecule has 0 spiro atoms. The predicted molar refractivity (Wildman–Crippen MR) is 62.2 cm³/mol. The lowest BCUT2D eigenvalue weighted by Gasteiger charge is -2.03. The van der Waals surface area contributed by atoms with Crippen LogP contribution in [0.4, 0.5) is 0 Å². The van der Waals surface area contributed by atoms with Crippen molar-refractivity contribution in [3.05, 3.63) is 40.7 Å². The van der Waals surface area contributed by atoms with Crippen LogP contribution in [0, 0.1) is 12.3 Å². The molecule has 0 atom stereocenters. The molecule has 2 heteroatoms. The third-order valence-electron chi connectivity index (χ3n) is 1.90. The Hall–Kier alpha value is -0.630. The van der Waals surface area contributed by atoms with Crippen LogP contribution in [0.1, 0.15) is 30.6 Å². The first kappa shape index (κ1) is 11.4. The van der Waals surface area contributed by atoms with E-state index in [0.29, 0.717) is 5.92 Å². The maximum absolute atomic E-state index is 11.6. The van der Waals surface area contributed by atoms with E-state index in [9.17, 15) is 4.79 Å². The van der Waals surface area contributed by atoms with E-state index in [4.69, 9.17) is 0 Å². The lowest BCUT2D eigenvalue weighted by atomic mass is 10.0. The highest BCUT2D eigenvalue weighted by molar-refractivity contribution is 9.10. The van der Waals surface area contributed by atoms with Gasteiger partial charge in [0.1, 0.15) is 0 Å². The molecule has 0 heterocycles. The second-order valence-electron chi connectivity index (χ2n) is 3.70. The van der Waals surface area contributed by atoms with Crippen molar-refractivity contribution < 1.29 is 4.79 Å². The fraction of sp³-hybridized carbons (Fsp3) is 0.333. The number of carbonyl (C=O) groups is 1. The fourth-order valence-electron chi connectivity index (χ4n) is 1.07. The lowest BCUT2D eigenvalue weighted by molar-refractivity contribution is 0.102. The van der Waals surface area contributed by atoms with Gasteiger partial charge in [-0.15, -0.1) is 0 Å². The highest BCUT2D eigenvalue weighted by atomic mass is 79.9. The summed E-state index contributed by atoms with van der Waals surface area (Å²) >= 11 is 3.34. The molecule has 0 N–H and O–H groups in total. The molecule has 0 saturated heterocycles. The highest BCUT2D eigenvalue weighted by Gasteiger charge is 2.06. The van der Waals surface area contributed by atoms with Crippen molar-refractivity contribution in [2.24, 2.45) is 5.92 Å². The van der Waals surface area contributed by atoms with Gasteiger partial charge in [0.25, 0.3) is 0 Å². The normalized spacial score (nSPS) is 10.6. The van der Waals surface area contributed by atoms with Gasteiger partial charge in [0, 0.05) is 16.5 Å². The monoisotopic (exact) mass is 253 g/mol. The maximum Gasteiger partial charge on any atom is 0.166 e. The molecule has 0 aliphatic heterocycles. The lowest BCUT2D eigenvalue weighted by Crippen LogP contribution is -2.01. The number of carbonyl (C=O) groups excluding carboxylic acids is 1. The van der Waals surface area contributed by atoms with Crippen LogP contribution in [-0.4, -0.2) is 5.78 Å². The summed E-state index contributed by atoms with van der Waals surface area (Å²) in [6, 6.07) is 7.44. The summed E-state index contributed by atoms with van der Waals surface area (Å²) in [5, 5.41) is 0. The second-order valence-corrected chi connectivity index (χ2v) is 4.62. The third kappa shape index (κ3) is 3.62. The molecule has 0 aromatic heterocycles. The van der Waals surface area contributed by atoms with Crippen molar-refractivity contribution in [2.45, 2.75) is 20.3 Å². The molecular formula is C12H14BrO. The molecule has 1 aromatic carbocycles. The van der Waals surface area contributed by atoms with Crippen molar-refractivity contribution in [1.29, 1.82) is 0 Å². The Morgan fingerprint density at radius 2 is 1.93 bits per heavy atom. The van der Waals surface area contributed by atoms with Gasteiger partial charge in [-0.1, -0.05) is 41.9 Å². The molecule has 1 rings (SSSR count). The molecule has 14 heavy (non-hydrogen) atoms. The third-order valence-corrected chi connectivity index (χ3v) is 2.43. The van der Waals surface area contributed by atoms with E-state index in [2.05, 4.69) is 29.8 Å². The van der Waals surface area contributed by atoms with E-state index < -0.39 is 0 Å². The van der Waals surface area contributed by atoms with Gasteiger partial charge in [-0.2, -0.15) is 0 Å². The summed E-state index contributed by atoms with van der Waals surface area (Å²) in [5.74, 6) is 0.653. The smallest absolute Gasteiger partial charge is 0.166 e. The maximum atomic E-state index is 11.6. The van der Waals surface area contributed by atoms with Gasteiger partial charge < -0.3 is 0 Å². The Morgan fingerprint density at radius 1 is 1.36 bits per heavy atom. The van der Waals surface area contributed by atoms with Crippen molar-refractivity contribution in [2.75, 3.05) is 0 Å². The van der Waals surface area contributed by atoms with Crippen molar-refractivity contribution in [1.82, 2.24) is 0 Å². The average Bonchev–Trinajstić information content (AvgIpc) is 2.15. The largest absolute Gasteiger partial charge is 0.294 e. The van der Waals surface area contributed by atoms with Crippen molar-refractivity contribution >= 4 is 21.7 Å². The van der Waals surface area contributed by atoms with Crippen LogP contribution in [-0.2, 0) is 0 Å². The molecule has 1 radical (unpaired) electrons. The van der Waals surface area contributed by atoms with E-state index in [1.165, 1.54) is 0 Å². The van der Waals surface area contributed by atoms with Crippen LogP contribution in [0.5, 0.6) is 0 Å². The predicted octanol–water partition coefficient (Wildman–Crippen LogP) is 3.88. The van der Waals surface area contributed by atoms with Crippen molar-refractivity contribution in [3.63, 3.8) is 0 Å². The minimum atomic E-state index is 0.117. The number of Topliss-reactive ketones (excluding diaryl/α,β-unsaturated/α-hetero) is 1. The van der Waals surface area contributed by atoms with Gasteiger partial charge >= 0.3 is 0 Å². The van der Waals surface area contributed by atoms with E-state index in [0.717, 1.165) is 16.5 Å². The van der Waals surface area contributed by atoms with Crippen LogP contribution >= 0.6 is 15.9 Å². The Kier molecular flexibility index (Phi) is 4.33. The van der Waals surface area contributed by atoms with Crippen LogP contribution in [0.3, 0.4) is 0 Å². The molecule has 0 aliphatic carbocycles. The highest BCUT2D eigenvalue weighted by Crippen LogP contribution is 2.13. The Bertz CT molecular complexity index is 301. The van der Waals surface area contributed by atoms with E-state index in [-0.39, 0.29) is 5.78 Å². The SMILES string of the molecule is CC(C)C[CH]C(=O)c1ccc(Br)cc1. The Balaban J connectivity index is 2.57. The molecule has 75 valence electrons. The van der Waals surface area contributed by atoms with Crippen LogP contribution in [0.25, 0.3) is 0 Å². The zero-order valence-corrected chi connectivity index (χ0v) is 10.0. The first-order valence-corrected chi connectivity index (χ1v) is 5.52. The molecule has 0 fully saturated rings. The van der Waals surface area contributed by atoms with Crippen LogP contribution in [0.2, 0.25) is 0 Å². The van der Waals surface area contributed by atoms with Gasteiger partial charge in [-0.3, -0.25) is 4.79 Å². The van der Waals surface area contributed by atoms with Crippen molar-refractivity contribution in [3.8, 4) is 0 Å². The summed E-state index contributed by atoms with van der Waals surface area (Å²) in [6.45, 7) is 4.21. The molecule has 1 nitrogen and oxygen atoms in total. The van der Waals surface area contributed by atoms with Gasteiger partial charge in [-0.25, -0.2) is 0 Å². The summed E-state index contributed by atoms with van der Waals surface area (Å²) < 4.78 is 0.998. The number of hydrogen-bond acceptors (Lipinski definition) is 1. The van der Waals surface area contributed by atoms with E-state index in [1.807, 2.05) is 24.3 Å². The first-order chi connectivity index (χ1) is 6.59. The average molecular weight is 254 g/mol. The van der Waals surface area contributed by atoms with Gasteiger partial charge in [0.05, 0.1) is 0 Å². The second kappa shape index (κ2) is 5.30. The van der Waals surface area contributed by atoms with Crippen LogP contribution < -0.4 is 0 Å².